The van der Waals surface area contributed by atoms with Crippen molar-refractivity contribution >= 4 is 0 Å². The molecule has 1 aromatic rings. The maximum absolute atomic E-state index is 5.01. The van der Waals surface area contributed by atoms with Crippen molar-refractivity contribution in [3.05, 3.63) is 29.6 Å². The number of aryl methyl sites for hydroxylation is 2. The van der Waals surface area contributed by atoms with Crippen LogP contribution < -0.4 is 0 Å². The molecule has 1 heterocycles. The molecular weight excluding hydrogens is 603 g/mol. The average molecular weight is 696 g/mol. The van der Waals surface area contributed by atoms with Crippen LogP contribution in [-0.2, 0) is 12.8 Å². The Kier molecular flexibility index (Phi) is 38.6. The highest BCUT2D eigenvalue weighted by molar-refractivity contribution is 5.11. The molecule has 0 fully saturated rings. The van der Waals surface area contributed by atoms with Gasteiger partial charge in [-0.25, -0.2) is 0 Å². The number of hydrogen-bond acceptors (Lipinski definition) is 1. The quantitative estimate of drug-likeness (QED) is 0.0620. The standard InChI is InChI=1S/C49H93N/c1-3-5-7-9-11-13-15-17-19-21-23-25-27-29-31-33-35-37-39-41-44-48-46-43-47-49(50-48)45-42-40-38-36-34-32-30-28-26-24-22-20-18-16-14-12-10-8-6-4-2/h43,46-47H,3-42,44-45H2,1-2H3. The summed E-state index contributed by atoms with van der Waals surface area (Å²) in [6, 6.07) is 6.78. The Hall–Kier alpha value is -0.850. The highest BCUT2D eigenvalue weighted by Gasteiger charge is 2.01. The third-order valence-corrected chi connectivity index (χ3v) is 11.4. The molecule has 1 rings (SSSR count). The number of pyridine rings is 1. The number of hydrogen-bond donors (Lipinski definition) is 0. The predicted molar refractivity (Wildman–Crippen MR) is 228 cm³/mol. The van der Waals surface area contributed by atoms with Crippen LogP contribution >= 0.6 is 0 Å². The van der Waals surface area contributed by atoms with Gasteiger partial charge in [-0.15, -0.1) is 0 Å². The molecule has 0 saturated carbocycles. The van der Waals surface area contributed by atoms with Gasteiger partial charge in [0.05, 0.1) is 0 Å². The minimum absolute atomic E-state index is 1.17. The second kappa shape index (κ2) is 40.9. The van der Waals surface area contributed by atoms with E-state index in [1.807, 2.05) is 0 Å². The summed E-state index contributed by atoms with van der Waals surface area (Å²) in [4.78, 5) is 5.01. The lowest BCUT2D eigenvalue weighted by Gasteiger charge is -2.06. The first-order valence-electron chi connectivity index (χ1n) is 23.8. The van der Waals surface area contributed by atoms with Crippen molar-refractivity contribution in [1.29, 1.82) is 0 Å². The third kappa shape index (κ3) is 35.5. The summed E-state index contributed by atoms with van der Waals surface area (Å²) in [7, 11) is 0. The summed E-state index contributed by atoms with van der Waals surface area (Å²) in [5.41, 5.74) is 2.66. The van der Waals surface area contributed by atoms with Gasteiger partial charge in [-0.1, -0.05) is 264 Å². The highest BCUT2D eigenvalue weighted by atomic mass is 14.7. The fraction of sp³-hybridized carbons (Fsp3) is 0.898. The van der Waals surface area contributed by atoms with E-state index in [-0.39, 0.29) is 0 Å². The lowest BCUT2D eigenvalue weighted by Crippen LogP contribution is -1.96. The summed E-state index contributed by atoms with van der Waals surface area (Å²) in [6.45, 7) is 4.62. The Morgan fingerprint density at radius 3 is 0.640 bits per heavy atom. The second-order valence-electron chi connectivity index (χ2n) is 16.6. The summed E-state index contributed by atoms with van der Waals surface area (Å²) in [5.74, 6) is 0. The lowest BCUT2D eigenvalue weighted by atomic mass is 10.0. The molecule has 1 nitrogen and oxygen atoms in total. The highest BCUT2D eigenvalue weighted by Crippen LogP contribution is 2.17. The number of unbranched alkanes of at least 4 members (excludes halogenated alkanes) is 38. The first kappa shape index (κ1) is 47.2. The Morgan fingerprint density at radius 1 is 0.260 bits per heavy atom. The topological polar surface area (TPSA) is 12.9 Å². The van der Waals surface area contributed by atoms with Crippen molar-refractivity contribution < 1.29 is 0 Å². The van der Waals surface area contributed by atoms with E-state index < -0.39 is 0 Å². The number of nitrogens with zero attached hydrogens (tertiary/aromatic N) is 1. The van der Waals surface area contributed by atoms with E-state index in [0.717, 1.165) is 0 Å². The van der Waals surface area contributed by atoms with Gasteiger partial charge in [-0.3, -0.25) is 4.98 Å². The zero-order chi connectivity index (χ0) is 35.7. The maximum atomic E-state index is 5.01. The first-order chi connectivity index (χ1) is 24.9. The van der Waals surface area contributed by atoms with Gasteiger partial charge < -0.3 is 0 Å². The van der Waals surface area contributed by atoms with Gasteiger partial charge in [-0.2, -0.15) is 0 Å². The van der Waals surface area contributed by atoms with Crippen LogP contribution in [0.3, 0.4) is 0 Å². The molecule has 0 atom stereocenters. The van der Waals surface area contributed by atoms with E-state index in [1.54, 1.807) is 0 Å². The smallest absolute Gasteiger partial charge is 0.0406 e. The van der Waals surface area contributed by atoms with E-state index in [2.05, 4.69) is 32.0 Å². The summed E-state index contributed by atoms with van der Waals surface area (Å²) in [5, 5.41) is 0. The zero-order valence-corrected chi connectivity index (χ0v) is 34.9. The molecule has 0 unspecified atom stereocenters. The monoisotopic (exact) mass is 696 g/mol. The third-order valence-electron chi connectivity index (χ3n) is 11.4. The lowest BCUT2D eigenvalue weighted by molar-refractivity contribution is 0.521. The summed E-state index contributed by atoms with van der Waals surface area (Å²) < 4.78 is 0. The summed E-state index contributed by atoms with van der Waals surface area (Å²) >= 11 is 0. The van der Waals surface area contributed by atoms with Gasteiger partial charge in [-0.05, 0) is 37.8 Å². The first-order valence-corrected chi connectivity index (χ1v) is 23.8. The van der Waals surface area contributed by atoms with Crippen LogP contribution in [0.25, 0.3) is 0 Å². The Labute approximate surface area is 317 Å². The Balaban J connectivity index is 1.80. The molecule has 50 heavy (non-hydrogen) atoms. The minimum atomic E-state index is 1.17. The van der Waals surface area contributed by atoms with Gasteiger partial charge >= 0.3 is 0 Å². The molecule has 0 saturated heterocycles. The molecule has 0 N–H and O–H groups in total. The molecule has 1 heteroatoms. The van der Waals surface area contributed by atoms with E-state index >= 15 is 0 Å². The molecule has 0 aliphatic carbocycles. The molecular formula is C49H93N. The van der Waals surface area contributed by atoms with Crippen LogP contribution in [0.5, 0.6) is 0 Å². The SMILES string of the molecule is CCCCCCCCCCCCCCCCCCCCCCc1cccc(CCCCCCCCCCCCCCCCCCCCCC)n1. The van der Waals surface area contributed by atoms with Gasteiger partial charge in [0.25, 0.3) is 0 Å². The fourth-order valence-electron chi connectivity index (χ4n) is 7.93. The molecule has 0 aliphatic heterocycles. The van der Waals surface area contributed by atoms with Crippen LogP contribution in [-0.4, -0.2) is 4.98 Å². The maximum Gasteiger partial charge on any atom is 0.0406 e. The van der Waals surface area contributed by atoms with Crippen LogP contribution in [0, 0.1) is 0 Å². The minimum Gasteiger partial charge on any atom is -0.258 e. The fourth-order valence-corrected chi connectivity index (χ4v) is 7.93. The van der Waals surface area contributed by atoms with Crippen molar-refractivity contribution in [2.45, 2.75) is 284 Å². The largest absolute Gasteiger partial charge is 0.258 e. The van der Waals surface area contributed by atoms with Gasteiger partial charge in [0.1, 0.15) is 0 Å². The Bertz CT molecular complexity index is 696. The van der Waals surface area contributed by atoms with Crippen molar-refractivity contribution in [2.24, 2.45) is 0 Å². The Morgan fingerprint density at radius 2 is 0.440 bits per heavy atom. The van der Waals surface area contributed by atoms with Gasteiger partial charge in [0, 0.05) is 11.4 Å². The molecule has 0 aliphatic rings. The molecule has 0 bridgehead atoms. The van der Waals surface area contributed by atoms with Crippen molar-refractivity contribution in [3.63, 3.8) is 0 Å². The molecule has 0 spiro atoms. The van der Waals surface area contributed by atoms with Crippen LogP contribution in [0.15, 0.2) is 18.2 Å². The summed E-state index contributed by atoms with van der Waals surface area (Å²) in [6.07, 6.45) is 60.3. The van der Waals surface area contributed by atoms with Crippen LogP contribution in [0.1, 0.15) is 282 Å². The van der Waals surface area contributed by atoms with Crippen LogP contribution in [0.2, 0.25) is 0 Å². The van der Waals surface area contributed by atoms with Crippen molar-refractivity contribution in [3.8, 4) is 0 Å². The van der Waals surface area contributed by atoms with Crippen molar-refractivity contribution in [1.82, 2.24) is 4.98 Å². The molecule has 1 aromatic heterocycles. The van der Waals surface area contributed by atoms with Gasteiger partial charge in [0.2, 0.25) is 0 Å². The molecule has 0 amide bonds. The normalized spacial score (nSPS) is 11.6. The number of rotatable bonds is 42. The average Bonchev–Trinajstić information content (AvgIpc) is 3.13. The number of aromatic nitrogens is 1. The van der Waals surface area contributed by atoms with Gasteiger partial charge in [0.15, 0.2) is 0 Å². The van der Waals surface area contributed by atoms with E-state index in [4.69, 9.17) is 4.98 Å². The van der Waals surface area contributed by atoms with Crippen LogP contribution in [0.4, 0.5) is 0 Å². The zero-order valence-electron chi connectivity index (χ0n) is 34.9. The molecule has 0 radical (unpaired) electrons. The molecule has 294 valence electrons. The van der Waals surface area contributed by atoms with E-state index in [1.165, 1.54) is 281 Å². The van der Waals surface area contributed by atoms with E-state index in [0.29, 0.717) is 0 Å². The van der Waals surface area contributed by atoms with E-state index in [9.17, 15) is 0 Å². The molecule has 0 aromatic carbocycles. The predicted octanol–water partition coefficient (Wildman–Crippen LogP) is 17.8. The second-order valence-corrected chi connectivity index (χ2v) is 16.6. The van der Waals surface area contributed by atoms with Crippen molar-refractivity contribution in [2.75, 3.05) is 0 Å².